The second-order valence-electron chi connectivity index (χ2n) is 5.32. The van der Waals surface area contributed by atoms with E-state index in [2.05, 4.69) is 16.3 Å². The Morgan fingerprint density at radius 2 is 2.00 bits per heavy atom. The van der Waals surface area contributed by atoms with Crippen molar-refractivity contribution in [1.82, 2.24) is 10.2 Å². The van der Waals surface area contributed by atoms with Crippen LogP contribution in [0.4, 0.5) is 5.82 Å². The van der Waals surface area contributed by atoms with E-state index in [1.54, 1.807) is 6.20 Å². The number of rotatable bonds is 1. The van der Waals surface area contributed by atoms with E-state index in [9.17, 15) is 0 Å². The molecule has 0 atom stereocenters. The molecule has 0 aliphatic carbocycles. The second-order valence-corrected chi connectivity index (χ2v) is 5.32. The highest BCUT2D eigenvalue weighted by atomic mass is 16.5. The van der Waals surface area contributed by atoms with E-state index < -0.39 is 0 Å². The number of ether oxygens (including phenoxy) is 2. The number of H-pyrrole nitrogens is 1. The zero-order valence-corrected chi connectivity index (χ0v) is 11.2. The first-order chi connectivity index (χ1) is 9.84. The molecule has 0 amide bonds. The third-order valence-corrected chi connectivity index (χ3v) is 4.03. The first-order valence-corrected chi connectivity index (χ1v) is 7.08. The van der Waals surface area contributed by atoms with Crippen LogP contribution in [0.1, 0.15) is 24.0 Å². The molecule has 4 rings (SSSR count). The van der Waals surface area contributed by atoms with Crippen molar-refractivity contribution in [3.8, 4) is 22.6 Å². The first-order valence-electron chi connectivity index (χ1n) is 7.08. The number of aromatic nitrogens is 2. The standard InChI is InChI=1S/C15H17N3O2/c16-15-11(8-17-18-15)13-10-4-2-5-19-12(10)7-9-3-1-6-20-14(9)13/h7-8H,1-6H2,(H3,16,17,18). The van der Waals surface area contributed by atoms with Gasteiger partial charge < -0.3 is 15.2 Å². The fraction of sp³-hybridized carbons (Fsp3) is 0.400. The van der Waals surface area contributed by atoms with Gasteiger partial charge in [0.15, 0.2) is 0 Å². The van der Waals surface area contributed by atoms with Crippen LogP contribution in [0.15, 0.2) is 12.3 Å². The summed E-state index contributed by atoms with van der Waals surface area (Å²) in [6.45, 7) is 1.55. The molecule has 104 valence electrons. The highest BCUT2D eigenvalue weighted by Gasteiger charge is 2.26. The minimum atomic E-state index is 0.584. The minimum absolute atomic E-state index is 0.584. The molecule has 0 radical (unpaired) electrons. The van der Waals surface area contributed by atoms with Crippen molar-refractivity contribution in [2.75, 3.05) is 18.9 Å². The molecule has 2 aromatic rings. The Kier molecular flexibility index (Phi) is 2.58. The van der Waals surface area contributed by atoms with Crippen LogP contribution >= 0.6 is 0 Å². The Bertz CT molecular complexity index is 629. The molecule has 1 aromatic heterocycles. The minimum Gasteiger partial charge on any atom is -0.493 e. The quantitative estimate of drug-likeness (QED) is 0.834. The molecule has 5 nitrogen and oxygen atoms in total. The zero-order chi connectivity index (χ0) is 13.5. The van der Waals surface area contributed by atoms with Gasteiger partial charge in [-0.25, -0.2) is 0 Å². The van der Waals surface area contributed by atoms with Gasteiger partial charge in [-0.1, -0.05) is 0 Å². The molecule has 0 spiro atoms. The molecule has 0 unspecified atom stereocenters. The summed E-state index contributed by atoms with van der Waals surface area (Å²) in [4.78, 5) is 0. The van der Waals surface area contributed by atoms with Crippen LogP contribution in [0.2, 0.25) is 0 Å². The maximum Gasteiger partial charge on any atom is 0.131 e. The van der Waals surface area contributed by atoms with Gasteiger partial charge in [-0.3, -0.25) is 5.10 Å². The molecule has 2 aliphatic rings. The van der Waals surface area contributed by atoms with Gasteiger partial charge in [0.05, 0.1) is 19.4 Å². The number of hydrogen-bond donors (Lipinski definition) is 2. The molecule has 0 bridgehead atoms. The van der Waals surface area contributed by atoms with E-state index >= 15 is 0 Å². The van der Waals surface area contributed by atoms with Crippen LogP contribution in [-0.4, -0.2) is 23.4 Å². The van der Waals surface area contributed by atoms with Crippen LogP contribution < -0.4 is 15.2 Å². The number of nitrogens with one attached hydrogen (secondary N) is 1. The lowest BCUT2D eigenvalue weighted by Gasteiger charge is -2.27. The first kappa shape index (κ1) is 11.6. The van der Waals surface area contributed by atoms with Crippen LogP contribution in [0, 0.1) is 0 Å². The number of anilines is 1. The van der Waals surface area contributed by atoms with Gasteiger partial charge in [0, 0.05) is 16.7 Å². The predicted octanol–water partition coefficient (Wildman–Crippen LogP) is 2.31. The largest absolute Gasteiger partial charge is 0.493 e. The number of hydrogen-bond acceptors (Lipinski definition) is 4. The molecule has 20 heavy (non-hydrogen) atoms. The Morgan fingerprint density at radius 1 is 1.15 bits per heavy atom. The van der Waals surface area contributed by atoms with Gasteiger partial charge in [0.1, 0.15) is 17.3 Å². The van der Waals surface area contributed by atoms with Gasteiger partial charge in [-0.05, 0) is 37.3 Å². The average Bonchev–Trinajstić information content (AvgIpc) is 2.90. The summed E-state index contributed by atoms with van der Waals surface area (Å²) in [7, 11) is 0. The van der Waals surface area contributed by atoms with E-state index in [1.807, 2.05) is 0 Å². The molecule has 3 N–H and O–H groups in total. The zero-order valence-electron chi connectivity index (χ0n) is 11.2. The topological polar surface area (TPSA) is 73.2 Å². The number of nitrogens with two attached hydrogens (primary N) is 1. The summed E-state index contributed by atoms with van der Waals surface area (Å²) in [5.41, 5.74) is 10.4. The molecule has 0 saturated heterocycles. The van der Waals surface area contributed by atoms with Crippen LogP contribution in [0.25, 0.3) is 11.1 Å². The van der Waals surface area contributed by atoms with Gasteiger partial charge in [0.25, 0.3) is 0 Å². The maximum atomic E-state index is 6.02. The van der Waals surface area contributed by atoms with E-state index in [1.165, 1.54) is 11.1 Å². The van der Waals surface area contributed by atoms with Crippen LogP contribution in [0.5, 0.6) is 11.5 Å². The van der Waals surface area contributed by atoms with Crippen molar-refractivity contribution in [2.45, 2.75) is 25.7 Å². The lowest BCUT2D eigenvalue weighted by molar-refractivity contribution is 0.274. The number of aromatic amines is 1. The Labute approximate surface area is 117 Å². The fourth-order valence-corrected chi connectivity index (χ4v) is 3.11. The summed E-state index contributed by atoms with van der Waals surface area (Å²) >= 11 is 0. The number of aryl methyl sites for hydroxylation is 1. The fourth-order valence-electron chi connectivity index (χ4n) is 3.11. The van der Waals surface area contributed by atoms with Crippen molar-refractivity contribution in [2.24, 2.45) is 0 Å². The monoisotopic (exact) mass is 271 g/mol. The number of benzene rings is 1. The lowest BCUT2D eigenvalue weighted by Crippen LogP contribution is -2.15. The Morgan fingerprint density at radius 3 is 2.85 bits per heavy atom. The summed E-state index contributed by atoms with van der Waals surface area (Å²) in [6.07, 6.45) is 5.86. The molecular weight excluding hydrogens is 254 g/mol. The smallest absolute Gasteiger partial charge is 0.131 e. The predicted molar refractivity (Wildman–Crippen MR) is 76.1 cm³/mol. The van der Waals surface area contributed by atoms with E-state index in [0.717, 1.165) is 61.5 Å². The van der Waals surface area contributed by atoms with Gasteiger partial charge in [-0.2, -0.15) is 5.10 Å². The van der Waals surface area contributed by atoms with E-state index in [4.69, 9.17) is 15.2 Å². The van der Waals surface area contributed by atoms with Crippen molar-refractivity contribution >= 4 is 5.82 Å². The lowest BCUT2D eigenvalue weighted by atomic mass is 9.90. The van der Waals surface area contributed by atoms with Crippen LogP contribution in [-0.2, 0) is 12.8 Å². The third-order valence-electron chi connectivity index (χ3n) is 4.03. The molecule has 3 heterocycles. The number of fused-ring (bicyclic) bond motifs is 2. The van der Waals surface area contributed by atoms with Gasteiger partial charge in [-0.15, -0.1) is 0 Å². The number of nitrogens with zero attached hydrogens (tertiary/aromatic N) is 1. The van der Waals surface area contributed by atoms with Crippen molar-refractivity contribution in [3.05, 3.63) is 23.4 Å². The second kappa shape index (κ2) is 4.44. The van der Waals surface area contributed by atoms with Gasteiger partial charge >= 0.3 is 0 Å². The van der Waals surface area contributed by atoms with Crippen LogP contribution in [0.3, 0.4) is 0 Å². The molecular formula is C15H17N3O2. The summed E-state index contributed by atoms with van der Waals surface area (Å²) in [5, 5.41) is 6.86. The van der Waals surface area contributed by atoms with Gasteiger partial charge in [0.2, 0.25) is 0 Å². The molecule has 0 saturated carbocycles. The average molecular weight is 271 g/mol. The summed E-state index contributed by atoms with van der Waals surface area (Å²) in [6, 6.07) is 2.14. The normalized spacial score (nSPS) is 16.8. The van der Waals surface area contributed by atoms with Crippen molar-refractivity contribution < 1.29 is 9.47 Å². The third kappa shape index (κ3) is 1.66. The number of nitrogen functional groups attached to an aromatic ring is 1. The summed E-state index contributed by atoms with van der Waals surface area (Å²) < 4.78 is 11.8. The van der Waals surface area contributed by atoms with E-state index in [-0.39, 0.29) is 0 Å². The van der Waals surface area contributed by atoms with Crippen molar-refractivity contribution in [1.29, 1.82) is 0 Å². The molecule has 2 aliphatic heterocycles. The SMILES string of the molecule is Nc1[nH]ncc1-c1c2c(cc3c1OCCC3)OCCC2. The molecule has 5 heteroatoms. The highest BCUT2D eigenvalue weighted by Crippen LogP contribution is 2.46. The van der Waals surface area contributed by atoms with E-state index in [0.29, 0.717) is 5.82 Å². The molecule has 1 aromatic carbocycles. The molecule has 0 fully saturated rings. The highest BCUT2D eigenvalue weighted by molar-refractivity contribution is 5.84. The Balaban J connectivity index is 2.01. The van der Waals surface area contributed by atoms with Crippen molar-refractivity contribution in [3.63, 3.8) is 0 Å². The Hall–Kier alpha value is -2.17. The summed E-state index contributed by atoms with van der Waals surface area (Å²) in [5.74, 6) is 2.53. The maximum absolute atomic E-state index is 6.02.